The van der Waals surface area contributed by atoms with E-state index >= 15 is 0 Å². The molecule has 4 rings (SSSR count). The molecule has 0 aromatic heterocycles. The molecule has 4 aromatic carbocycles. The normalized spacial score (nSPS) is 12.3. The van der Waals surface area contributed by atoms with Crippen LogP contribution in [0.4, 0.5) is 5.69 Å². The summed E-state index contributed by atoms with van der Waals surface area (Å²) in [6, 6.07) is 27.7. The van der Waals surface area contributed by atoms with Crippen LogP contribution in [0.3, 0.4) is 0 Å². The van der Waals surface area contributed by atoms with Crippen molar-refractivity contribution in [1.29, 1.82) is 0 Å². The van der Waals surface area contributed by atoms with Crippen LogP contribution in [0.1, 0.15) is 48.6 Å². The highest BCUT2D eigenvalue weighted by Gasteiger charge is 2.36. The molecular weight excluding hydrogens is 618 g/mol. The number of benzene rings is 4. The maximum Gasteiger partial charge on any atom is 0.264 e. The van der Waals surface area contributed by atoms with Crippen LogP contribution in [0.2, 0.25) is 5.02 Å². The molecule has 46 heavy (non-hydrogen) atoms. The number of carbonyl (C=O) groups is 2. The predicted octanol–water partition coefficient (Wildman–Crippen LogP) is 7.02. The summed E-state index contributed by atoms with van der Waals surface area (Å²) < 4.78 is 29.8. The van der Waals surface area contributed by atoms with Crippen LogP contribution in [-0.4, -0.2) is 43.3 Å². The van der Waals surface area contributed by atoms with Crippen LogP contribution in [0.25, 0.3) is 0 Å². The average Bonchev–Trinajstić information content (AvgIpc) is 2.99. The zero-order valence-corrected chi connectivity index (χ0v) is 28.8. The highest BCUT2D eigenvalue weighted by Crippen LogP contribution is 2.29. The van der Waals surface area contributed by atoms with Crippen molar-refractivity contribution in [2.45, 2.75) is 71.0 Å². The smallest absolute Gasteiger partial charge is 0.264 e. The summed E-state index contributed by atoms with van der Waals surface area (Å²) in [5, 5.41) is 3.48. The molecule has 0 heterocycles. The minimum absolute atomic E-state index is 0.00120. The predicted molar refractivity (Wildman–Crippen MR) is 185 cm³/mol. The molecule has 0 bridgehead atoms. The van der Waals surface area contributed by atoms with Crippen molar-refractivity contribution < 1.29 is 18.0 Å². The zero-order valence-electron chi connectivity index (χ0n) is 27.2. The van der Waals surface area contributed by atoms with Gasteiger partial charge >= 0.3 is 0 Å². The quantitative estimate of drug-likeness (QED) is 0.188. The Kier molecular flexibility index (Phi) is 11.0. The Bertz CT molecular complexity index is 1790. The minimum Gasteiger partial charge on any atom is -0.350 e. The standard InChI is InChI=1S/C37H42ClN3O4S/c1-26-17-20-31(21-18-26)46(44,45)41(33-22-27(2)16-19-28(33)3)25-35(42)40(24-30-14-10-11-15-32(30)38)34(36(43)39-37(4,5)6)23-29-12-8-7-9-13-29/h7-22,34H,23-25H2,1-6H3,(H,39,43)/t34-/m1/s1. The molecule has 0 saturated heterocycles. The summed E-state index contributed by atoms with van der Waals surface area (Å²) in [5.41, 5.74) is 3.75. The lowest BCUT2D eigenvalue weighted by atomic mass is 10.0. The molecule has 0 fully saturated rings. The van der Waals surface area contributed by atoms with E-state index in [9.17, 15) is 18.0 Å². The van der Waals surface area contributed by atoms with E-state index in [1.54, 1.807) is 48.5 Å². The molecule has 1 N–H and O–H groups in total. The molecule has 242 valence electrons. The van der Waals surface area contributed by atoms with Gasteiger partial charge in [-0.25, -0.2) is 8.42 Å². The zero-order chi connectivity index (χ0) is 33.6. The molecule has 7 nitrogen and oxygen atoms in total. The summed E-state index contributed by atoms with van der Waals surface area (Å²) in [7, 11) is -4.19. The van der Waals surface area contributed by atoms with Crippen molar-refractivity contribution in [2.75, 3.05) is 10.8 Å². The first-order chi connectivity index (χ1) is 21.7. The first-order valence-electron chi connectivity index (χ1n) is 15.2. The molecule has 4 aromatic rings. The lowest BCUT2D eigenvalue weighted by molar-refractivity contribution is -0.140. The minimum atomic E-state index is -4.19. The van der Waals surface area contributed by atoms with Gasteiger partial charge in [-0.2, -0.15) is 0 Å². The maximum atomic E-state index is 14.7. The Morgan fingerprint density at radius 2 is 1.43 bits per heavy atom. The highest BCUT2D eigenvalue weighted by molar-refractivity contribution is 7.92. The van der Waals surface area contributed by atoms with Crippen molar-refractivity contribution >= 4 is 39.1 Å². The molecule has 0 spiro atoms. The van der Waals surface area contributed by atoms with Crippen LogP contribution in [-0.2, 0) is 32.6 Å². The second-order valence-corrected chi connectivity index (χ2v) is 14.9. The second-order valence-electron chi connectivity index (χ2n) is 12.7. The van der Waals surface area contributed by atoms with Crippen molar-refractivity contribution in [3.63, 3.8) is 0 Å². The number of rotatable bonds is 11. The number of halogens is 1. The van der Waals surface area contributed by atoms with Gasteiger partial charge in [-0.1, -0.05) is 90.0 Å². The van der Waals surface area contributed by atoms with Crippen LogP contribution >= 0.6 is 11.6 Å². The first-order valence-corrected chi connectivity index (χ1v) is 17.0. The third kappa shape index (κ3) is 8.77. The van der Waals surface area contributed by atoms with E-state index < -0.39 is 34.1 Å². The Morgan fingerprint density at radius 1 is 0.826 bits per heavy atom. The van der Waals surface area contributed by atoms with E-state index in [-0.39, 0.29) is 23.8 Å². The van der Waals surface area contributed by atoms with Crippen LogP contribution in [0, 0.1) is 20.8 Å². The van der Waals surface area contributed by atoms with Gasteiger partial charge in [0.25, 0.3) is 10.0 Å². The Balaban J connectivity index is 1.86. The number of anilines is 1. The van der Waals surface area contributed by atoms with Gasteiger partial charge in [-0.05, 0) is 88.1 Å². The Morgan fingerprint density at radius 3 is 2.07 bits per heavy atom. The van der Waals surface area contributed by atoms with Crippen molar-refractivity contribution in [2.24, 2.45) is 0 Å². The molecule has 9 heteroatoms. The Hall–Kier alpha value is -4.14. The molecule has 0 aliphatic rings. The average molecular weight is 660 g/mol. The number of amides is 2. The molecule has 2 amide bonds. The fourth-order valence-electron chi connectivity index (χ4n) is 5.16. The Labute approximate surface area is 278 Å². The number of sulfonamides is 1. The summed E-state index contributed by atoms with van der Waals surface area (Å²) >= 11 is 6.58. The van der Waals surface area contributed by atoms with Gasteiger partial charge in [-0.3, -0.25) is 13.9 Å². The third-order valence-electron chi connectivity index (χ3n) is 7.59. The number of carbonyl (C=O) groups excluding carboxylic acids is 2. The van der Waals surface area contributed by atoms with Crippen molar-refractivity contribution in [1.82, 2.24) is 10.2 Å². The van der Waals surface area contributed by atoms with Crippen molar-refractivity contribution in [3.8, 4) is 0 Å². The van der Waals surface area contributed by atoms with Gasteiger partial charge in [0.2, 0.25) is 11.8 Å². The van der Waals surface area contributed by atoms with Crippen LogP contribution < -0.4 is 9.62 Å². The topological polar surface area (TPSA) is 86.8 Å². The first kappa shape index (κ1) is 34.7. The number of aryl methyl sites for hydroxylation is 3. The van der Waals surface area contributed by atoms with Gasteiger partial charge in [0.15, 0.2) is 0 Å². The molecule has 0 aliphatic carbocycles. The molecule has 0 unspecified atom stereocenters. The third-order valence-corrected chi connectivity index (χ3v) is 9.73. The lowest BCUT2D eigenvalue weighted by Gasteiger charge is -2.35. The van der Waals surface area contributed by atoms with E-state index in [2.05, 4.69) is 5.32 Å². The molecular formula is C37H42ClN3O4S. The maximum absolute atomic E-state index is 14.7. The fourth-order valence-corrected chi connectivity index (χ4v) is 6.82. The van der Waals surface area contributed by atoms with Gasteiger partial charge in [0, 0.05) is 23.5 Å². The summed E-state index contributed by atoms with van der Waals surface area (Å²) in [6.07, 6.45) is 0.215. The summed E-state index contributed by atoms with van der Waals surface area (Å²) in [6.45, 7) is 10.7. The van der Waals surface area contributed by atoms with E-state index in [0.717, 1.165) is 21.0 Å². The molecule has 0 aliphatic heterocycles. The number of nitrogens with zero attached hydrogens (tertiary/aromatic N) is 2. The summed E-state index contributed by atoms with van der Waals surface area (Å²) in [5.74, 6) is -0.891. The fraction of sp³-hybridized carbons (Fsp3) is 0.297. The molecule has 1 atom stereocenters. The van der Waals surface area contributed by atoms with Crippen molar-refractivity contribution in [3.05, 3.63) is 130 Å². The number of hydrogen-bond acceptors (Lipinski definition) is 4. The highest BCUT2D eigenvalue weighted by atomic mass is 35.5. The molecule has 0 radical (unpaired) electrons. The SMILES string of the molecule is Cc1ccc(S(=O)(=O)N(CC(=O)N(Cc2ccccc2Cl)[C@H](Cc2ccccc2)C(=O)NC(C)(C)C)c2cc(C)ccc2C)cc1. The summed E-state index contributed by atoms with van der Waals surface area (Å²) in [4.78, 5) is 30.2. The van der Waals surface area contributed by atoms with Gasteiger partial charge < -0.3 is 10.2 Å². The van der Waals surface area contributed by atoms with Gasteiger partial charge in [0.1, 0.15) is 12.6 Å². The lowest BCUT2D eigenvalue weighted by Crippen LogP contribution is -2.56. The van der Waals surface area contributed by atoms with E-state index in [1.165, 1.54) is 4.90 Å². The largest absolute Gasteiger partial charge is 0.350 e. The number of hydrogen-bond donors (Lipinski definition) is 1. The van der Waals surface area contributed by atoms with E-state index in [0.29, 0.717) is 21.8 Å². The monoisotopic (exact) mass is 659 g/mol. The van der Waals surface area contributed by atoms with Crippen LogP contribution in [0.15, 0.2) is 102 Å². The second kappa shape index (κ2) is 14.5. The van der Waals surface area contributed by atoms with Crippen LogP contribution in [0.5, 0.6) is 0 Å². The number of nitrogens with one attached hydrogen (secondary N) is 1. The van der Waals surface area contributed by atoms with Gasteiger partial charge in [0.05, 0.1) is 10.6 Å². The van der Waals surface area contributed by atoms with E-state index in [4.69, 9.17) is 11.6 Å². The molecule has 0 saturated carbocycles. The van der Waals surface area contributed by atoms with E-state index in [1.807, 2.05) is 90.1 Å². The van der Waals surface area contributed by atoms with Gasteiger partial charge in [-0.15, -0.1) is 0 Å².